The summed E-state index contributed by atoms with van der Waals surface area (Å²) in [6, 6.07) is 12.1. The highest BCUT2D eigenvalue weighted by Crippen LogP contribution is 2.45. The van der Waals surface area contributed by atoms with Crippen LogP contribution in [0, 0.1) is 5.82 Å². The van der Waals surface area contributed by atoms with E-state index in [1.54, 1.807) is 4.31 Å². The van der Waals surface area contributed by atoms with Crippen LogP contribution in [0.5, 0.6) is 0 Å². The van der Waals surface area contributed by atoms with Gasteiger partial charge in [0.05, 0.1) is 10.9 Å². The predicted octanol–water partition coefficient (Wildman–Crippen LogP) is 5.91. The molecule has 0 spiro atoms. The van der Waals surface area contributed by atoms with E-state index < -0.39 is 15.8 Å². The van der Waals surface area contributed by atoms with E-state index in [0.29, 0.717) is 19.0 Å². The molecule has 1 saturated carbocycles. The molecule has 4 nitrogen and oxygen atoms in total. The number of aryl methyl sites for hydroxylation is 1. The molecule has 2 aromatic carbocycles. The fraction of sp³-hybridized carbons (Fsp3) is 0.462. The summed E-state index contributed by atoms with van der Waals surface area (Å²) in [6.07, 6.45) is 9.37. The minimum atomic E-state index is -3.68. The second-order valence-electron chi connectivity index (χ2n) is 9.60. The number of rotatable bonds is 3. The fourth-order valence-corrected chi connectivity index (χ4v) is 7.92. The van der Waals surface area contributed by atoms with Crippen molar-refractivity contribution in [3.63, 3.8) is 0 Å². The summed E-state index contributed by atoms with van der Waals surface area (Å²) in [7, 11) is -3.68. The van der Waals surface area contributed by atoms with Crippen molar-refractivity contribution in [2.45, 2.75) is 74.8 Å². The van der Waals surface area contributed by atoms with E-state index in [0.717, 1.165) is 19.3 Å². The number of sulfonamides is 1. The Hall–Kier alpha value is -2.18. The molecule has 1 atom stereocenters. The predicted molar refractivity (Wildman–Crippen MR) is 124 cm³/mol. The summed E-state index contributed by atoms with van der Waals surface area (Å²) < 4.78 is 44.4. The van der Waals surface area contributed by atoms with Crippen LogP contribution in [0.25, 0.3) is 10.9 Å². The van der Waals surface area contributed by atoms with Crippen molar-refractivity contribution in [2.24, 2.45) is 0 Å². The molecular weight excluding hydrogens is 423 g/mol. The zero-order valence-corrected chi connectivity index (χ0v) is 19.1. The lowest BCUT2D eigenvalue weighted by atomic mass is 9.83. The second-order valence-corrected chi connectivity index (χ2v) is 11.5. The third-order valence-corrected chi connectivity index (χ3v) is 9.77. The number of aromatic nitrogens is 1. The zero-order valence-electron chi connectivity index (χ0n) is 18.3. The van der Waals surface area contributed by atoms with Gasteiger partial charge in [-0.15, -0.1) is 0 Å². The van der Waals surface area contributed by atoms with E-state index in [-0.39, 0.29) is 10.9 Å². The number of nitrogens with zero attached hydrogens (tertiary/aromatic N) is 2. The Morgan fingerprint density at radius 1 is 0.875 bits per heavy atom. The average Bonchev–Trinajstić information content (AvgIpc) is 3.15. The van der Waals surface area contributed by atoms with Gasteiger partial charge >= 0.3 is 0 Å². The van der Waals surface area contributed by atoms with Gasteiger partial charge in [0, 0.05) is 29.7 Å². The molecule has 1 aliphatic heterocycles. The Balaban J connectivity index is 1.43. The molecule has 2 heterocycles. The molecule has 168 valence electrons. The Bertz CT molecular complexity index is 1270. The lowest BCUT2D eigenvalue weighted by molar-refractivity contribution is 0.243. The SMILES string of the molecule is O=S(=O)(c1ccc(F)cc1)N1CCn2c3c(c4cc(C5CCCCC5)ccc42)CCC[C@H]31. The van der Waals surface area contributed by atoms with Crippen molar-refractivity contribution in [1.82, 2.24) is 8.87 Å². The fourth-order valence-electron chi connectivity index (χ4n) is 6.31. The van der Waals surface area contributed by atoms with Gasteiger partial charge in [-0.05, 0) is 85.5 Å². The van der Waals surface area contributed by atoms with E-state index in [1.165, 1.54) is 84.1 Å². The third kappa shape index (κ3) is 3.14. The van der Waals surface area contributed by atoms with Crippen LogP contribution in [0.4, 0.5) is 4.39 Å². The standard InChI is InChI=1S/C26H29FN2O2S/c27-20-10-12-21(13-11-20)32(30,31)29-16-15-28-24-14-9-19(18-5-2-1-3-6-18)17-23(24)22-7-4-8-25(29)26(22)28/h9-14,17-18,25H,1-8,15-16H2/t25-/m1/s1. The van der Waals surface area contributed by atoms with Crippen molar-refractivity contribution >= 4 is 20.9 Å². The summed E-state index contributed by atoms with van der Waals surface area (Å²) in [6.45, 7) is 1.11. The summed E-state index contributed by atoms with van der Waals surface area (Å²) in [4.78, 5) is 0.176. The van der Waals surface area contributed by atoms with Gasteiger partial charge in [-0.25, -0.2) is 12.8 Å². The highest BCUT2D eigenvalue weighted by Gasteiger charge is 2.40. The topological polar surface area (TPSA) is 42.3 Å². The van der Waals surface area contributed by atoms with Gasteiger partial charge in [-0.3, -0.25) is 0 Å². The first-order chi connectivity index (χ1) is 15.5. The molecule has 0 amide bonds. The van der Waals surface area contributed by atoms with E-state index in [9.17, 15) is 12.8 Å². The van der Waals surface area contributed by atoms with Gasteiger partial charge in [0.2, 0.25) is 10.0 Å². The number of hydrogen-bond acceptors (Lipinski definition) is 2. The highest BCUT2D eigenvalue weighted by molar-refractivity contribution is 7.89. The van der Waals surface area contributed by atoms with Gasteiger partial charge in [0.15, 0.2) is 0 Å². The number of hydrogen-bond donors (Lipinski definition) is 0. The second kappa shape index (κ2) is 7.70. The molecule has 32 heavy (non-hydrogen) atoms. The van der Waals surface area contributed by atoms with Gasteiger partial charge in [-0.2, -0.15) is 4.31 Å². The molecule has 3 aromatic rings. The molecule has 1 fully saturated rings. The van der Waals surface area contributed by atoms with Crippen LogP contribution in [-0.4, -0.2) is 23.8 Å². The summed E-state index contributed by atoms with van der Waals surface area (Å²) in [5.74, 6) is 0.239. The van der Waals surface area contributed by atoms with Crippen molar-refractivity contribution in [1.29, 1.82) is 0 Å². The minimum Gasteiger partial charge on any atom is -0.341 e. The van der Waals surface area contributed by atoms with Gasteiger partial charge < -0.3 is 4.57 Å². The summed E-state index contributed by atoms with van der Waals surface area (Å²) >= 11 is 0. The molecule has 0 radical (unpaired) electrons. The lowest BCUT2D eigenvalue weighted by Crippen LogP contribution is -2.43. The van der Waals surface area contributed by atoms with E-state index in [4.69, 9.17) is 0 Å². The molecule has 3 aliphatic rings. The van der Waals surface area contributed by atoms with E-state index >= 15 is 0 Å². The summed E-state index contributed by atoms with van der Waals surface area (Å²) in [5, 5.41) is 1.33. The van der Waals surface area contributed by atoms with Crippen molar-refractivity contribution in [3.05, 3.63) is 65.1 Å². The Kier molecular flexibility index (Phi) is 4.92. The smallest absolute Gasteiger partial charge is 0.243 e. The van der Waals surface area contributed by atoms with Crippen LogP contribution in [0.15, 0.2) is 47.4 Å². The number of halogens is 1. The monoisotopic (exact) mass is 452 g/mol. The van der Waals surface area contributed by atoms with Crippen LogP contribution in [-0.2, 0) is 23.0 Å². The quantitative estimate of drug-likeness (QED) is 0.496. The minimum absolute atomic E-state index is 0.145. The maximum Gasteiger partial charge on any atom is 0.243 e. The average molecular weight is 453 g/mol. The van der Waals surface area contributed by atoms with Crippen LogP contribution in [0.3, 0.4) is 0 Å². The van der Waals surface area contributed by atoms with Crippen LogP contribution in [0.2, 0.25) is 0 Å². The van der Waals surface area contributed by atoms with Gasteiger partial charge in [0.25, 0.3) is 0 Å². The van der Waals surface area contributed by atoms with Gasteiger partial charge in [0.1, 0.15) is 5.82 Å². The first-order valence-electron chi connectivity index (χ1n) is 12.0. The maximum atomic E-state index is 13.5. The van der Waals surface area contributed by atoms with E-state index in [1.807, 2.05) is 0 Å². The Morgan fingerprint density at radius 3 is 2.44 bits per heavy atom. The molecule has 6 rings (SSSR count). The largest absolute Gasteiger partial charge is 0.341 e. The molecule has 6 heteroatoms. The number of fused-ring (bicyclic) bond motifs is 3. The third-order valence-electron chi connectivity index (χ3n) is 7.84. The van der Waals surface area contributed by atoms with Crippen LogP contribution >= 0.6 is 0 Å². The molecular formula is C26H29FN2O2S. The first-order valence-corrected chi connectivity index (χ1v) is 13.4. The highest BCUT2D eigenvalue weighted by atomic mass is 32.2. The first kappa shape index (κ1) is 20.4. The van der Waals surface area contributed by atoms with E-state index in [2.05, 4.69) is 22.8 Å². The Morgan fingerprint density at radius 2 is 1.66 bits per heavy atom. The van der Waals surface area contributed by atoms with Crippen LogP contribution in [0.1, 0.15) is 73.7 Å². The summed E-state index contributed by atoms with van der Waals surface area (Å²) in [5.41, 5.74) is 5.23. The van der Waals surface area contributed by atoms with Crippen molar-refractivity contribution < 1.29 is 12.8 Å². The van der Waals surface area contributed by atoms with Crippen LogP contribution < -0.4 is 0 Å². The maximum absolute atomic E-state index is 13.5. The Labute approximate surface area is 189 Å². The molecule has 0 N–H and O–H groups in total. The molecule has 0 unspecified atom stereocenters. The molecule has 1 aromatic heterocycles. The number of benzene rings is 2. The lowest BCUT2D eigenvalue weighted by Gasteiger charge is -2.39. The zero-order chi connectivity index (χ0) is 21.9. The van der Waals surface area contributed by atoms with Gasteiger partial charge in [-0.1, -0.05) is 25.3 Å². The van der Waals surface area contributed by atoms with Crippen molar-refractivity contribution in [2.75, 3.05) is 6.54 Å². The molecule has 2 aliphatic carbocycles. The van der Waals surface area contributed by atoms with Crippen molar-refractivity contribution in [3.8, 4) is 0 Å². The molecule has 0 saturated heterocycles. The molecule has 0 bridgehead atoms. The normalized spacial score (nSPS) is 22.2.